The van der Waals surface area contributed by atoms with Crippen LogP contribution in [0, 0.1) is 0 Å². The Bertz CT molecular complexity index is 1050. The lowest BCUT2D eigenvalue weighted by Gasteiger charge is -2.19. The van der Waals surface area contributed by atoms with Crippen molar-refractivity contribution in [1.29, 1.82) is 0 Å². The van der Waals surface area contributed by atoms with E-state index in [1.807, 2.05) is 12.1 Å². The van der Waals surface area contributed by atoms with Gasteiger partial charge in [-0.2, -0.15) is 0 Å². The van der Waals surface area contributed by atoms with Crippen molar-refractivity contribution in [3.63, 3.8) is 0 Å². The molecule has 1 N–H and O–H groups in total. The minimum absolute atomic E-state index is 0.320. The summed E-state index contributed by atoms with van der Waals surface area (Å²) < 4.78 is 22.2. The third-order valence-electron chi connectivity index (χ3n) is 4.26. The summed E-state index contributed by atoms with van der Waals surface area (Å²) in [5, 5.41) is 3.32. The number of carbonyl (C=O) groups is 1. The molecule has 3 aromatic rings. The minimum atomic E-state index is -0.320. The molecular weight excluding hydrogens is 394 g/mol. The molecule has 1 amide bonds. The van der Waals surface area contributed by atoms with Gasteiger partial charge in [0.25, 0.3) is 5.91 Å². The normalized spacial score (nSPS) is 12.2. The van der Waals surface area contributed by atoms with E-state index in [0.29, 0.717) is 58.2 Å². The van der Waals surface area contributed by atoms with E-state index in [9.17, 15) is 4.79 Å². The van der Waals surface area contributed by atoms with Crippen LogP contribution in [0.1, 0.15) is 10.4 Å². The monoisotopic (exact) mass is 411 g/mol. The van der Waals surface area contributed by atoms with E-state index in [2.05, 4.69) is 5.32 Å². The summed E-state index contributed by atoms with van der Waals surface area (Å²) in [6.07, 6.45) is 0. The summed E-state index contributed by atoms with van der Waals surface area (Å²) in [7, 11) is 1.58. The van der Waals surface area contributed by atoms with Crippen LogP contribution in [-0.4, -0.2) is 26.2 Å². The van der Waals surface area contributed by atoms with Crippen LogP contribution in [0.2, 0.25) is 5.02 Å². The second kappa shape index (κ2) is 8.32. The molecule has 7 heteroatoms. The van der Waals surface area contributed by atoms with Gasteiger partial charge in [0, 0.05) is 16.7 Å². The molecule has 0 aromatic heterocycles. The molecular formula is C22H18ClNO5. The van der Waals surface area contributed by atoms with Crippen LogP contribution < -0.4 is 24.3 Å². The van der Waals surface area contributed by atoms with Crippen molar-refractivity contribution in [2.45, 2.75) is 0 Å². The SMILES string of the molecule is COc1cccc(Oc2ccc(Cl)cc2NC(=O)c2ccc3c(c2)OCCO3)c1. The Balaban J connectivity index is 1.58. The van der Waals surface area contributed by atoms with Gasteiger partial charge in [0.05, 0.1) is 12.8 Å². The average Bonchev–Trinajstić information content (AvgIpc) is 2.75. The first-order chi connectivity index (χ1) is 14.1. The maximum atomic E-state index is 12.8. The van der Waals surface area contributed by atoms with Crippen LogP contribution in [0.25, 0.3) is 0 Å². The zero-order chi connectivity index (χ0) is 20.2. The third kappa shape index (κ3) is 4.38. The standard InChI is InChI=1S/C22H18ClNO5/c1-26-16-3-2-4-17(13-16)29-19-8-6-15(23)12-18(19)24-22(25)14-5-7-20-21(11-14)28-10-9-27-20/h2-8,11-13H,9-10H2,1H3,(H,24,25). The number of hydrogen-bond acceptors (Lipinski definition) is 5. The number of nitrogens with one attached hydrogen (secondary N) is 1. The first-order valence-corrected chi connectivity index (χ1v) is 9.32. The summed E-state index contributed by atoms with van der Waals surface area (Å²) in [4.78, 5) is 12.8. The van der Waals surface area contributed by atoms with Crippen LogP contribution in [-0.2, 0) is 0 Å². The number of rotatable bonds is 5. The lowest BCUT2D eigenvalue weighted by molar-refractivity contribution is 0.102. The molecule has 3 aromatic carbocycles. The van der Waals surface area contributed by atoms with Crippen LogP contribution in [0.15, 0.2) is 60.7 Å². The Morgan fingerprint density at radius 2 is 1.76 bits per heavy atom. The van der Waals surface area contributed by atoms with Crippen LogP contribution in [0.5, 0.6) is 28.7 Å². The molecule has 1 aliphatic rings. The Morgan fingerprint density at radius 1 is 0.966 bits per heavy atom. The average molecular weight is 412 g/mol. The molecule has 0 radical (unpaired) electrons. The van der Waals surface area contributed by atoms with E-state index in [1.54, 1.807) is 55.6 Å². The van der Waals surface area contributed by atoms with Gasteiger partial charge in [-0.3, -0.25) is 4.79 Å². The number of methoxy groups -OCH3 is 1. The molecule has 4 rings (SSSR count). The Morgan fingerprint density at radius 3 is 2.59 bits per heavy atom. The van der Waals surface area contributed by atoms with Gasteiger partial charge in [-0.15, -0.1) is 0 Å². The summed E-state index contributed by atoms with van der Waals surface area (Å²) in [6.45, 7) is 0.941. The molecule has 29 heavy (non-hydrogen) atoms. The van der Waals surface area contributed by atoms with E-state index < -0.39 is 0 Å². The molecule has 1 aliphatic heterocycles. The fourth-order valence-electron chi connectivity index (χ4n) is 2.86. The summed E-state index contributed by atoms with van der Waals surface area (Å²) in [5.41, 5.74) is 0.877. The molecule has 0 saturated carbocycles. The smallest absolute Gasteiger partial charge is 0.255 e. The molecule has 1 heterocycles. The molecule has 0 fully saturated rings. The van der Waals surface area contributed by atoms with Crippen LogP contribution in [0.4, 0.5) is 5.69 Å². The number of benzene rings is 3. The van der Waals surface area contributed by atoms with Crippen molar-refractivity contribution in [2.24, 2.45) is 0 Å². The predicted molar refractivity (Wildman–Crippen MR) is 110 cm³/mol. The lowest BCUT2D eigenvalue weighted by Crippen LogP contribution is -2.17. The quantitative estimate of drug-likeness (QED) is 0.627. The minimum Gasteiger partial charge on any atom is -0.497 e. The maximum absolute atomic E-state index is 12.8. The van der Waals surface area contributed by atoms with E-state index in [-0.39, 0.29) is 5.91 Å². The van der Waals surface area contributed by atoms with Crippen molar-refractivity contribution >= 4 is 23.2 Å². The first kappa shape index (κ1) is 19.0. The predicted octanol–water partition coefficient (Wildman–Crippen LogP) is 5.16. The molecule has 148 valence electrons. The molecule has 0 saturated heterocycles. The van der Waals surface area contributed by atoms with Crippen molar-refractivity contribution in [3.8, 4) is 28.7 Å². The Labute approximate surface area is 172 Å². The largest absolute Gasteiger partial charge is 0.497 e. The van der Waals surface area contributed by atoms with E-state index in [4.69, 9.17) is 30.5 Å². The zero-order valence-electron chi connectivity index (χ0n) is 15.6. The number of anilines is 1. The maximum Gasteiger partial charge on any atom is 0.255 e. The molecule has 6 nitrogen and oxygen atoms in total. The highest BCUT2D eigenvalue weighted by Crippen LogP contribution is 2.35. The molecule has 0 aliphatic carbocycles. The molecule has 0 atom stereocenters. The number of fused-ring (bicyclic) bond motifs is 1. The van der Waals surface area contributed by atoms with Gasteiger partial charge < -0.3 is 24.3 Å². The van der Waals surface area contributed by atoms with Gasteiger partial charge in [-0.1, -0.05) is 17.7 Å². The fourth-order valence-corrected chi connectivity index (χ4v) is 3.03. The highest BCUT2D eigenvalue weighted by Gasteiger charge is 2.17. The number of ether oxygens (including phenoxy) is 4. The highest BCUT2D eigenvalue weighted by atomic mass is 35.5. The van der Waals surface area contributed by atoms with Gasteiger partial charge in [0.1, 0.15) is 24.7 Å². The number of halogens is 1. The summed E-state index contributed by atoms with van der Waals surface area (Å²) in [5.74, 6) is 2.54. The molecule has 0 unspecified atom stereocenters. The Kier molecular flexibility index (Phi) is 5.44. The second-order valence-corrected chi connectivity index (χ2v) is 6.67. The van der Waals surface area contributed by atoms with E-state index >= 15 is 0 Å². The Hall–Kier alpha value is -3.38. The second-order valence-electron chi connectivity index (χ2n) is 6.23. The van der Waals surface area contributed by atoms with Gasteiger partial charge in [0.2, 0.25) is 0 Å². The van der Waals surface area contributed by atoms with Gasteiger partial charge in [-0.25, -0.2) is 0 Å². The van der Waals surface area contributed by atoms with Gasteiger partial charge in [0.15, 0.2) is 17.2 Å². The van der Waals surface area contributed by atoms with Gasteiger partial charge >= 0.3 is 0 Å². The fraction of sp³-hybridized carbons (Fsp3) is 0.136. The van der Waals surface area contributed by atoms with Crippen molar-refractivity contribution in [3.05, 3.63) is 71.2 Å². The molecule has 0 bridgehead atoms. The van der Waals surface area contributed by atoms with E-state index in [1.165, 1.54) is 0 Å². The molecule has 0 spiro atoms. The zero-order valence-corrected chi connectivity index (χ0v) is 16.4. The number of amides is 1. The topological polar surface area (TPSA) is 66.0 Å². The van der Waals surface area contributed by atoms with E-state index in [0.717, 1.165) is 0 Å². The third-order valence-corrected chi connectivity index (χ3v) is 4.50. The van der Waals surface area contributed by atoms with Crippen molar-refractivity contribution in [2.75, 3.05) is 25.6 Å². The summed E-state index contributed by atoms with van der Waals surface area (Å²) >= 11 is 6.13. The highest BCUT2D eigenvalue weighted by molar-refractivity contribution is 6.31. The van der Waals surface area contributed by atoms with Crippen LogP contribution >= 0.6 is 11.6 Å². The lowest BCUT2D eigenvalue weighted by atomic mass is 10.1. The summed E-state index contributed by atoms with van der Waals surface area (Å²) in [6, 6.07) is 17.2. The van der Waals surface area contributed by atoms with Crippen LogP contribution in [0.3, 0.4) is 0 Å². The number of carbonyl (C=O) groups excluding carboxylic acids is 1. The number of hydrogen-bond donors (Lipinski definition) is 1. The van der Waals surface area contributed by atoms with Crippen molar-refractivity contribution < 1.29 is 23.7 Å². The first-order valence-electron chi connectivity index (χ1n) is 8.95. The van der Waals surface area contributed by atoms with Gasteiger partial charge in [-0.05, 0) is 48.5 Å². The van der Waals surface area contributed by atoms with Crippen molar-refractivity contribution in [1.82, 2.24) is 0 Å².